The van der Waals surface area contributed by atoms with Gasteiger partial charge in [0.2, 0.25) is 6.79 Å². The van der Waals surface area contributed by atoms with Gasteiger partial charge in [-0.1, -0.05) is 11.6 Å². The fraction of sp³-hybridized carbons (Fsp3) is 0.111. The number of ketones is 1. The third-order valence-electron chi connectivity index (χ3n) is 2.01. The van der Waals surface area contributed by atoms with E-state index in [0.29, 0.717) is 0 Å². The number of Topliss-reactive ketones (excluding diaryl/α,β-unsaturated/α-hetero) is 1. The summed E-state index contributed by atoms with van der Waals surface area (Å²) in [5.74, 6) is -3.61. The number of fused-ring (bicyclic) bond motifs is 1. The van der Waals surface area contributed by atoms with Crippen molar-refractivity contribution in [2.75, 3.05) is 6.79 Å². The van der Waals surface area contributed by atoms with Gasteiger partial charge in [0.1, 0.15) is 11.3 Å². The number of carbonyl (C=O) groups is 2. The number of hydrogen-bond donors (Lipinski definition) is 2. The van der Waals surface area contributed by atoms with E-state index < -0.39 is 23.1 Å². The van der Waals surface area contributed by atoms with Crippen LogP contribution in [0.15, 0.2) is 6.07 Å². The van der Waals surface area contributed by atoms with E-state index in [4.69, 9.17) is 26.2 Å². The average Bonchev–Trinajstić information content (AvgIpc) is 2.66. The normalized spacial score (nSPS) is 12.6. The van der Waals surface area contributed by atoms with Crippen LogP contribution in [0.3, 0.4) is 0 Å². The number of halogens is 1. The molecular weight excluding hydrogens is 240 g/mol. The first kappa shape index (κ1) is 10.6. The minimum absolute atomic E-state index is 0.102. The molecule has 1 heterocycles. The minimum atomic E-state index is -1.71. The summed E-state index contributed by atoms with van der Waals surface area (Å²) in [5, 5.41) is 17.9. The first-order valence-electron chi connectivity index (χ1n) is 4.11. The Morgan fingerprint density at radius 2 is 2.06 bits per heavy atom. The summed E-state index contributed by atoms with van der Waals surface area (Å²) >= 11 is 5.62. The van der Waals surface area contributed by atoms with Crippen molar-refractivity contribution in [3.63, 3.8) is 0 Å². The number of aromatic hydroxyl groups is 1. The monoisotopic (exact) mass is 244 g/mol. The van der Waals surface area contributed by atoms with Crippen molar-refractivity contribution in [2.45, 2.75) is 0 Å². The number of phenolic OH excluding ortho intramolecular Hbond substituents is 1. The van der Waals surface area contributed by atoms with Crippen LogP contribution in [0.5, 0.6) is 17.2 Å². The van der Waals surface area contributed by atoms with Gasteiger partial charge in [0.15, 0.2) is 11.5 Å². The van der Waals surface area contributed by atoms with Gasteiger partial charge in [0, 0.05) is 6.07 Å². The van der Waals surface area contributed by atoms with Crippen LogP contribution in [0.1, 0.15) is 10.4 Å². The van der Waals surface area contributed by atoms with Gasteiger partial charge in [-0.05, 0) is 0 Å². The van der Waals surface area contributed by atoms with E-state index in [0.717, 1.165) is 0 Å². The van der Waals surface area contributed by atoms with E-state index >= 15 is 0 Å². The lowest BCUT2D eigenvalue weighted by molar-refractivity contribution is -0.131. The standard InChI is InChI=1S/C9H5ClO6/c10-3-1-4-8(16-2-15-4)5(6(3)11)7(12)9(13)14/h1,11H,2H2,(H,13,14). The van der Waals surface area contributed by atoms with Gasteiger partial charge < -0.3 is 19.7 Å². The molecule has 0 saturated heterocycles. The van der Waals surface area contributed by atoms with Crippen LogP contribution in [0.25, 0.3) is 0 Å². The number of ether oxygens (including phenoxy) is 2. The molecule has 6 nitrogen and oxygen atoms in total. The van der Waals surface area contributed by atoms with Crippen LogP contribution in [-0.4, -0.2) is 28.8 Å². The number of carbonyl (C=O) groups excluding carboxylic acids is 1. The molecule has 7 heteroatoms. The zero-order chi connectivity index (χ0) is 11.9. The number of carboxylic acid groups (broad SMARTS) is 1. The van der Waals surface area contributed by atoms with E-state index in [2.05, 4.69) is 0 Å². The number of rotatable bonds is 2. The first-order chi connectivity index (χ1) is 7.52. The van der Waals surface area contributed by atoms with Gasteiger partial charge in [-0.3, -0.25) is 4.79 Å². The molecule has 1 aromatic carbocycles. The second kappa shape index (κ2) is 3.57. The lowest BCUT2D eigenvalue weighted by atomic mass is 10.1. The van der Waals surface area contributed by atoms with Gasteiger partial charge in [-0.15, -0.1) is 0 Å². The first-order valence-corrected chi connectivity index (χ1v) is 4.49. The number of carboxylic acids is 1. The summed E-state index contributed by atoms with van der Waals surface area (Å²) in [5.41, 5.74) is -0.493. The summed E-state index contributed by atoms with van der Waals surface area (Å²) < 4.78 is 9.85. The fourth-order valence-corrected chi connectivity index (χ4v) is 1.51. The molecule has 1 aliphatic rings. The smallest absolute Gasteiger partial charge is 0.377 e. The van der Waals surface area contributed by atoms with Crippen LogP contribution < -0.4 is 9.47 Å². The van der Waals surface area contributed by atoms with E-state index in [9.17, 15) is 14.7 Å². The summed E-state index contributed by atoms with van der Waals surface area (Å²) in [6.45, 7) is -0.158. The van der Waals surface area contributed by atoms with Crippen molar-refractivity contribution in [2.24, 2.45) is 0 Å². The molecule has 0 radical (unpaired) electrons. The highest BCUT2D eigenvalue weighted by Crippen LogP contribution is 2.44. The Morgan fingerprint density at radius 3 is 2.69 bits per heavy atom. The Kier molecular flexibility index (Phi) is 2.35. The Morgan fingerprint density at radius 1 is 1.38 bits per heavy atom. The predicted octanol–water partition coefficient (Wildman–Crippen LogP) is 1.04. The third kappa shape index (κ3) is 1.43. The topological polar surface area (TPSA) is 93.1 Å². The average molecular weight is 245 g/mol. The SMILES string of the molecule is O=C(O)C(=O)c1c(O)c(Cl)cc2c1OCO2. The van der Waals surface area contributed by atoms with Gasteiger partial charge in [0.05, 0.1) is 5.02 Å². The molecule has 0 aliphatic carbocycles. The number of aliphatic carboxylic acids is 1. The van der Waals surface area contributed by atoms with Crippen molar-refractivity contribution >= 4 is 23.4 Å². The maximum absolute atomic E-state index is 11.3. The number of hydrogen-bond acceptors (Lipinski definition) is 5. The van der Waals surface area contributed by atoms with E-state index in [1.807, 2.05) is 0 Å². The van der Waals surface area contributed by atoms with Gasteiger partial charge >= 0.3 is 5.97 Å². The van der Waals surface area contributed by atoms with Crippen LogP contribution in [0.2, 0.25) is 5.02 Å². The summed E-state index contributed by atoms with van der Waals surface area (Å²) in [6.07, 6.45) is 0. The number of benzene rings is 1. The van der Waals surface area contributed by atoms with Crippen molar-refractivity contribution in [3.8, 4) is 17.2 Å². The van der Waals surface area contributed by atoms with E-state index in [1.165, 1.54) is 6.07 Å². The molecule has 1 aliphatic heterocycles. The Bertz CT molecular complexity index is 495. The highest BCUT2D eigenvalue weighted by molar-refractivity contribution is 6.42. The Balaban J connectivity index is 2.68. The van der Waals surface area contributed by atoms with Crippen LogP contribution >= 0.6 is 11.6 Å². The second-order valence-electron chi connectivity index (χ2n) is 2.95. The molecule has 1 aromatic rings. The Labute approximate surface area is 94.0 Å². The Hall–Kier alpha value is -1.95. The molecule has 2 N–H and O–H groups in total. The summed E-state index contributed by atoms with van der Waals surface area (Å²) in [7, 11) is 0. The number of phenols is 1. The molecule has 16 heavy (non-hydrogen) atoms. The quantitative estimate of drug-likeness (QED) is 0.596. The molecule has 0 unspecified atom stereocenters. The molecule has 0 bridgehead atoms. The zero-order valence-corrected chi connectivity index (χ0v) is 8.45. The van der Waals surface area contributed by atoms with Crippen LogP contribution in [0, 0.1) is 0 Å². The summed E-state index contributed by atoms with van der Waals surface area (Å²) in [6, 6.07) is 1.25. The fourth-order valence-electron chi connectivity index (χ4n) is 1.32. The maximum atomic E-state index is 11.3. The lowest BCUT2D eigenvalue weighted by Gasteiger charge is -2.06. The molecule has 2 rings (SSSR count). The van der Waals surface area contributed by atoms with Gasteiger partial charge in [-0.2, -0.15) is 0 Å². The molecule has 0 atom stereocenters. The maximum Gasteiger partial charge on any atom is 0.377 e. The van der Waals surface area contributed by atoms with Crippen LogP contribution in [-0.2, 0) is 4.79 Å². The van der Waals surface area contributed by atoms with E-state index in [-0.39, 0.29) is 23.3 Å². The molecule has 0 spiro atoms. The van der Waals surface area contributed by atoms with Crippen molar-refractivity contribution in [1.82, 2.24) is 0 Å². The second-order valence-corrected chi connectivity index (χ2v) is 3.36. The molecule has 0 saturated carbocycles. The van der Waals surface area contributed by atoms with Gasteiger partial charge in [-0.25, -0.2) is 4.79 Å². The van der Waals surface area contributed by atoms with E-state index in [1.54, 1.807) is 0 Å². The minimum Gasteiger partial charge on any atom is -0.505 e. The van der Waals surface area contributed by atoms with Crippen LogP contribution in [0.4, 0.5) is 0 Å². The predicted molar refractivity (Wildman–Crippen MR) is 51.2 cm³/mol. The molecule has 0 aromatic heterocycles. The highest BCUT2D eigenvalue weighted by atomic mass is 35.5. The van der Waals surface area contributed by atoms with Gasteiger partial charge in [0.25, 0.3) is 5.78 Å². The van der Waals surface area contributed by atoms with Crippen molar-refractivity contribution < 1.29 is 29.3 Å². The molecule has 0 amide bonds. The largest absolute Gasteiger partial charge is 0.505 e. The third-order valence-corrected chi connectivity index (χ3v) is 2.30. The van der Waals surface area contributed by atoms with Crippen molar-refractivity contribution in [1.29, 1.82) is 0 Å². The molecule has 0 fully saturated rings. The summed E-state index contributed by atoms with van der Waals surface area (Å²) in [4.78, 5) is 21.9. The van der Waals surface area contributed by atoms with Crippen molar-refractivity contribution in [3.05, 3.63) is 16.7 Å². The highest BCUT2D eigenvalue weighted by Gasteiger charge is 2.31. The molecule has 84 valence electrons. The zero-order valence-electron chi connectivity index (χ0n) is 7.69. The lowest BCUT2D eigenvalue weighted by Crippen LogP contribution is -2.13. The molecular formula is C9H5ClO6.